The minimum absolute atomic E-state index is 0.273. The third-order valence-electron chi connectivity index (χ3n) is 2.85. The summed E-state index contributed by atoms with van der Waals surface area (Å²) in [6.45, 7) is 2.77. The largest absolute Gasteiger partial charge is 0.382 e. The highest BCUT2D eigenvalue weighted by molar-refractivity contribution is 6.37. The summed E-state index contributed by atoms with van der Waals surface area (Å²) in [4.78, 5) is 4.12. The maximum atomic E-state index is 6.05. The van der Waals surface area contributed by atoms with Gasteiger partial charge >= 0.3 is 0 Å². The van der Waals surface area contributed by atoms with Crippen LogP contribution in [0.15, 0.2) is 30.3 Å². The second-order valence-electron chi connectivity index (χ2n) is 4.21. The van der Waals surface area contributed by atoms with Gasteiger partial charge in [-0.3, -0.25) is 0 Å². The van der Waals surface area contributed by atoms with Gasteiger partial charge in [0.25, 0.3) is 0 Å². The fraction of sp³-hybridized carbons (Fsp3) is 0.214. The van der Waals surface area contributed by atoms with Crippen molar-refractivity contribution in [2.24, 2.45) is 0 Å². The molecule has 1 aromatic carbocycles. The molecule has 0 atom stereocenters. The summed E-state index contributed by atoms with van der Waals surface area (Å²) in [6.07, 6.45) is 1.04. The summed E-state index contributed by atoms with van der Waals surface area (Å²) in [6, 6.07) is 9.98. The second kappa shape index (κ2) is 6.13. The Labute approximate surface area is 122 Å². The van der Waals surface area contributed by atoms with Crippen LogP contribution in [0.1, 0.15) is 18.1 Å². The van der Waals surface area contributed by atoms with Crippen molar-refractivity contribution in [3.05, 3.63) is 51.5 Å². The van der Waals surface area contributed by atoms with E-state index >= 15 is 0 Å². The Morgan fingerprint density at radius 1 is 1.11 bits per heavy atom. The fourth-order valence-electron chi connectivity index (χ4n) is 1.68. The predicted octanol–water partition coefficient (Wildman–Crippen LogP) is 4.15. The van der Waals surface area contributed by atoms with Crippen LogP contribution >= 0.6 is 23.2 Å². The first-order valence-corrected chi connectivity index (χ1v) is 6.79. The van der Waals surface area contributed by atoms with Crippen LogP contribution in [-0.4, -0.2) is 4.98 Å². The molecular weight excluding hydrogens is 281 g/mol. The van der Waals surface area contributed by atoms with Crippen molar-refractivity contribution in [1.82, 2.24) is 4.98 Å². The van der Waals surface area contributed by atoms with Gasteiger partial charge in [0.05, 0.1) is 10.0 Å². The number of halogens is 2. The maximum Gasteiger partial charge on any atom is 0.147 e. The number of nitrogens with two attached hydrogens (primary N) is 1. The van der Waals surface area contributed by atoms with Gasteiger partial charge in [0.1, 0.15) is 11.6 Å². The topological polar surface area (TPSA) is 50.9 Å². The molecule has 0 radical (unpaired) electrons. The summed E-state index contributed by atoms with van der Waals surface area (Å²) < 4.78 is 0. The number of nitrogens with one attached hydrogen (secondary N) is 1. The van der Waals surface area contributed by atoms with Crippen molar-refractivity contribution >= 4 is 34.8 Å². The van der Waals surface area contributed by atoms with Crippen LogP contribution in [0.5, 0.6) is 0 Å². The van der Waals surface area contributed by atoms with Gasteiger partial charge in [-0.1, -0.05) is 54.4 Å². The standard InChI is InChI=1S/C14H15Cl2N3/c1-2-9-3-5-10(6-4-9)8-18-14-12(16)7-11(15)13(17)19-14/h3-7H,2,8H2,1H3,(H3,17,18,19). The molecule has 0 amide bonds. The Hall–Kier alpha value is -1.45. The summed E-state index contributed by atoms with van der Waals surface area (Å²) in [5, 5.41) is 3.98. The molecule has 2 rings (SSSR count). The van der Waals surface area contributed by atoms with Gasteiger partial charge in [0.15, 0.2) is 0 Å². The molecule has 19 heavy (non-hydrogen) atoms. The number of aryl methyl sites for hydroxylation is 1. The Kier molecular flexibility index (Phi) is 4.51. The van der Waals surface area contributed by atoms with Crippen molar-refractivity contribution < 1.29 is 0 Å². The van der Waals surface area contributed by atoms with E-state index in [1.54, 1.807) is 6.07 Å². The van der Waals surface area contributed by atoms with Gasteiger partial charge in [-0.05, 0) is 23.6 Å². The predicted molar refractivity (Wildman–Crippen MR) is 81.8 cm³/mol. The van der Waals surface area contributed by atoms with Crippen LogP contribution in [0.2, 0.25) is 10.0 Å². The van der Waals surface area contributed by atoms with Gasteiger partial charge in [0.2, 0.25) is 0 Å². The monoisotopic (exact) mass is 295 g/mol. The molecule has 2 aromatic rings. The molecule has 5 heteroatoms. The first-order chi connectivity index (χ1) is 9.10. The lowest BCUT2D eigenvalue weighted by atomic mass is 10.1. The zero-order chi connectivity index (χ0) is 13.8. The molecule has 0 saturated carbocycles. The Morgan fingerprint density at radius 2 is 1.74 bits per heavy atom. The molecule has 3 N–H and O–H groups in total. The molecule has 0 aliphatic heterocycles. The quantitative estimate of drug-likeness (QED) is 0.891. The number of hydrogen-bond donors (Lipinski definition) is 2. The van der Waals surface area contributed by atoms with Crippen LogP contribution in [-0.2, 0) is 13.0 Å². The zero-order valence-corrected chi connectivity index (χ0v) is 12.1. The second-order valence-corrected chi connectivity index (χ2v) is 5.02. The molecule has 0 unspecified atom stereocenters. The minimum atomic E-state index is 0.273. The molecule has 0 aliphatic carbocycles. The highest BCUT2D eigenvalue weighted by atomic mass is 35.5. The van der Waals surface area contributed by atoms with Gasteiger partial charge in [0, 0.05) is 6.54 Å². The van der Waals surface area contributed by atoms with E-state index in [-0.39, 0.29) is 5.82 Å². The van der Waals surface area contributed by atoms with E-state index in [4.69, 9.17) is 28.9 Å². The average molecular weight is 296 g/mol. The normalized spacial score (nSPS) is 10.5. The van der Waals surface area contributed by atoms with Crippen LogP contribution < -0.4 is 11.1 Å². The Balaban J connectivity index is 2.07. The summed E-state index contributed by atoms with van der Waals surface area (Å²) in [7, 11) is 0. The van der Waals surface area contributed by atoms with Gasteiger partial charge < -0.3 is 11.1 Å². The Bertz CT molecular complexity index is 568. The van der Waals surface area contributed by atoms with E-state index in [2.05, 4.69) is 41.5 Å². The zero-order valence-electron chi connectivity index (χ0n) is 10.6. The molecule has 1 aromatic heterocycles. The lowest BCUT2D eigenvalue weighted by molar-refractivity contribution is 1.09. The van der Waals surface area contributed by atoms with Crippen molar-refractivity contribution in [2.45, 2.75) is 19.9 Å². The first kappa shape index (κ1) is 14.0. The fourth-order valence-corrected chi connectivity index (χ4v) is 2.11. The molecule has 0 aliphatic rings. The number of rotatable bonds is 4. The lowest BCUT2D eigenvalue weighted by Gasteiger charge is -2.09. The van der Waals surface area contributed by atoms with Crippen LogP contribution in [0.4, 0.5) is 11.6 Å². The third kappa shape index (κ3) is 3.52. The van der Waals surface area contributed by atoms with Crippen LogP contribution in [0.25, 0.3) is 0 Å². The molecule has 0 saturated heterocycles. The number of aromatic nitrogens is 1. The van der Waals surface area contributed by atoms with Crippen molar-refractivity contribution in [3.63, 3.8) is 0 Å². The Morgan fingerprint density at radius 3 is 2.37 bits per heavy atom. The lowest BCUT2D eigenvalue weighted by Crippen LogP contribution is -2.04. The minimum Gasteiger partial charge on any atom is -0.382 e. The maximum absolute atomic E-state index is 6.05. The highest BCUT2D eigenvalue weighted by Crippen LogP contribution is 2.27. The van der Waals surface area contributed by atoms with Crippen molar-refractivity contribution in [3.8, 4) is 0 Å². The molecule has 0 bridgehead atoms. The van der Waals surface area contributed by atoms with E-state index in [1.807, 2.05) is 0 Å². The van der Waals surface area contributed by atoms with Crippen molar-refractivity contribution in [1.29, 1.82) is 0 Å². The number of nitrogen functional groups attached to an aromatic ring is 1. The van der Waals surface area contributed by atoms with Gasteiger partial charge in [-0.25, -0.2) is 4.98 Å². The SMILES string of the molecule is CCc1ccc(CNc2nc(N)c(Cl)cc2Cl)cc1. The van der Waals surface area contributed by atoms with E-state index < -0.39 is 0 Å². The summed E-state index contributed by atoms with van der Waals surface area (Å²) in [5.74, 6) is 0.818. The van der Waals surface area contributed by atoms with Gasteiger partial charge in [-0.15, -0.1) is 0 Å². The van der Waals surface area contributed by atoms with Gasteiger partial charge in [-0.2, -0.15) is 0 Å². The number of pyridine rings is 1. The number of benzene rings is 1. The molecule has 1 heterocycles. The van der Waals surface area contributed by atoms with Crippen molar-refractivity contribution in [2.75, 3.05) is 11.1 Å². The first-order valence-electron chi connectivity index (χ1n) is 6.03. The molecule has 100 valence electrons. The van der Waals surface area contributed by atoms with E-state index in [9.17, 15) is 0 Å². The van der Waals surface area contributed by atoms with E-state index in [0.717, 1.165) is 12.0 Å². The van der Waals surface area contributed by atoms with Crippen LogP contribution in [0, 0.1) is 0 Å². The summed E-state index contributed by atoms with van der Waals surface area (Å²) >= 11 is 11.9. The smallest absolute Gasteiger partial charge is 0.147 e. The van der Waals surface area contributed by atoms with E-state index in [1.165, 1.54) is 5.56 Å². The molecule has 3 nitrogen and oxygen atoms in total. The van der Waals surface area contributed by atoms with E-state index in [0.29, 0.717) is 22.4 Å². The average Bonchev–Trinajstić information content (AvgIpc) is 2.42. The number of nitrogens with zero attached hydrogens (tertiary/aromatic N) is 1. The van der Waals surface area contributed by atoms with Crippen LogP contribution in [0.3, 0.4) is 0 Å². The highest BCUT2D eigenvalue weighted by Gasteiger charge is 2.06. The third-order valence-corrected chi connectivity index (χ3v) is 3.44. The summed E-state index contributed by atoms with van der Waals surface area (Å²) in [5.41, 5.74) is 8.13. The molecule has 0 spiro atoms. The molecule has 0 fully saturated rings. The number of hydrogen-bond acceptors (Lipinski definition) is 3. The number of anilines is 2. The molecular formula is C14H15Cl2N3.